The number of ether oxygens (including phenoxy) is 3. The Morgan fingerprint density at radius 2 is 1.63 bits per heavy atom. The lowest BCUT2D eigenvalue weighted by atomic mass is 9.96. The maximum absolute atomic E-state index is 10.3. The molecule has 0 radical (unpaired) electrons. The van der Waals surface area contributed by atoms with Crippen molar-refractivity contribution in [2.24, 2.45) is 0 Å². The number of aliphatic hydroxyl groups is 5. The number of aliphatic hydroxyl groups excluding tert-OH is 5. The minimum Gasteiger partial charge on any atom is -0.497 e. The molecule has 2 aromatic carbocycles. The summed E-state index contributed by atoms with van der Waals surface area (Å²) >= 11 is 0. The molecule has 0 aliphatic carbocycles. The van der Waals surface area contributed by atoms with Gasteiger partial charge in [-0.3, -0.25) is 0 Å². The van der Waals surface area contributed by atoms with Crippen LogP contribution in [0.25, 0.3) is 0 Å². The maximum Gasteiger partial charge on any atom is 0.229 e. The highest BCUT2D eigenvalue weighted by Crippen LogP contribution is 2.30. The predicted molar refractivity (Wildman–Crippen MR) is 107 cm³/mol. The molecule has 8 heteroatoms. The van der Waals surface area contributed by atoms with Gasteiger partial charge in [0.15, 0.2) is 0 Å². The van der Waals surface area contributed by atoms with E-state index in [2.05, 4.69) is 0 Å². The first kappa shape index (κ1) is 22.5. The molecule has 1 aliphatic heterocycles. The van der Waals surface area contributed by atoms with E-state index in [1.165, 1.54) is 6.92 Å². The van der Waals surface area contributed by atoms with Crippen LogP contribution in [0.4, 0.5) is 0 Å². The summed E-state index contributed by atoms with van der Waals surface area (Å²) in [4.78, 5) is 0. The van der Waals surface area contributed by atoms with Gasteiger partial charge in [-0.1, -0.05) is 24.3 Å². The van der Waals surface area contributed by atoms with Crippen LogP contribution >= 0.6 is 0 Å². The van der Waals surface area contributed by atoms with Gasteiger partial charge in [-0.2, -0.15) is 0 Å². The second-order valence-corrected chi connectivity index (χ2v) is 7.42. The molecule has 5 N–H and O–H groups in total. The van der Waals surface area contributed by atoms with E-state index in [0.717, 1.165) is 16.9 Å². The van der Waals surface area contributed by atoms with Gasteiger partial charge in [0.1, 0.15) is 35.9 Å². The maximum atomic E-state index is 10.3. The normalized spacial score (nSPS) is 27.5. The van der Waals surface area contributed by atoms with Gasteiger partial charge in [0.2, 0.25) is 6.29 Å². The molecule has 0 bridgehead atoms. The van der Waals surface area contributed by atoms with Crippen molar-refractivity contribution < 1.29 is 39.7 Å². The molecule has 0 unspecified atom stereocenters. The lowest BCUT2D eigenvalue weighted by molar-refractivity contribution is -0.286. The zero-order valence-corrected chi connectivity index (χ0v) is 16.9. The highest BCUT2D eigenvalue weighted by atomic mass is 16.7. The molecule has 3 rings (SSSR count). The van der Waals surface area contributed by atoms with Crippen molar-refractivity contribution in [2.75, 3.05) is 7.11 Å². The summed E-state index contributed by atoms with van der Waals surface area (Å²) < 4.78 is 16.6. The van der Waals surface area contributed by atoms with E-state index >= 15 is 0 Å². The molecule has 1 fully saturated rings. The Balaban J connectivity index is 1.86. The predicted octanol–water partition coefficient (Wildman–Crippen LogP) is 0.345. The molecule has 0 aromatic heterocycles. The van der Waals surface area contributed by atoms with Gasteiger partial charge in [0.05, 0.1) is 19.8 Å². The Hall–Kier alpha value is -2.20. The average molecular weight is 420 g/mol. The van der Waals surface area contributed by atoms with Crippen LogP contribution in [-0.2, 0) is 17.8 Å². The van der Waals surface area contributed by atoms with Gasteiger partial charge in [0, 0.05) is 6.42 Å². The summed E-state index contributed by atoms with van der Waals surface area (Å²) in [6.07, 6.45) is -7.56. The molecule has 1 saturated heterocycles. The molecule has 8 nitrogen and oxygen atoms in total. The molecule has 164 valence electrons. The van der Waals surface area contributed by atoms with Gasteiger partial charge in [-0.15, -0.1) is 0 Å². The van der Waals surface area contributed by atoms with Crippen LogP contribution in [0.2, 0.25) is 0 Å². The van der Waals surface area contributed by atoms with Gasteiger partial charge in [-0.05, 0) is 41.8 Å². The first-order valence-electron chi connectivity index (χ1n) is 9.74. The molecule has 0 saturated carbocycles. The highest BCUT2D eigenvalue weighted by Gasteiger charge is 2.46. The van der Waals surface area contributed by atoms with Crippen LogP contribution in [0.5, 0.6) is 11.5 Å². The Kier molecular flexibility index (Phi) is 7.30. The third kappa shape index (κ3) is 4.92. The Morgan fingerprint density at radius 1 is 0.967 bits per heavy atom. The molecule has 2 aromatic rings. The first-order chi connectivity index (χ1) is 14.3. The van der Waals surface area contributed by atoms with Crippen LogP contribution in [0.3, 0.4) is 0 Å². The summed E-state index contributed by atoms with van der Waals surface area (Å²) in [5.41, 5.74) is 2.35. The Bertz CT molecular complexity index is 822. The summed E-state index contributed by atoms with van der Waals surface area (Å²) in [6, 6.07) is 12.7. The molecular formula is C22H28O8. The number of hydrogen-bond donors (Lipinski definition) is 5. The smallest absolute Gasteiger partial charge is 0.229 e. The SMILES string of the molecule is COc1ccc(Cc2ccc(CO)cc2O[C@@H]2O[C@H]([C@@H](C)O)[C@@H](O)[C@H](O)[C@H]2O)cc1. The van der Waals surface area contributed by atoms with Gasteiger partial charge >= 0.3 is 0 Å². The number of hydrogen-bond acceptors (Lipinski definition) is 8. The Labute approximate surface area is 174 Å². The second kappa shape index (κ2) is 9.74. The van der Waals surface area contributed by atoms with Gasteiger partial charge in [-0.25, -0.2) is 0 Å². The minimum absolute atomic E-state index is 0.203. The van der Waals surface area contributed by atoms with E-state index in [4.69, 9.17) is 14.2 Å². The fourth-order valence-electron chi connectivity index (χ4n) is 3.41. The van der Waals surface area contributed by atoms with Crippen LogP contribution in [-0.4, -0.2) is 69.5 Å². The van der Waals surface area contributed by atoms with Crippen LogP contribution in [0.1, 0.15) is 23.6 Å². The number of methoxy groups -OCH3 is 1. The minimum atomic E-state index is -1.55. The molecule has 1 heterocycles. The fraction of sp³-hybridized carbons (Fsp3) is 0.455. The highest BCUT2D eigenvalue weighted by molar-refractivity contribution is 5.41. The van der Waals surface area contributed by atoms with Crippen molar-refractivity contribution in [3.05, 3.63) is 59.2 Å². The topological polar surface area (TPSA) is 129 Å². The summed E-state index contributed by atoms with van der Waals surface area (Å²) in [5.74, 6) is 1.09. The van der Waals surface area contributed by atoms with Gasteiger partial charge in [0.25, 0.3) is 0 Å². The summed E-state index contributed by atoms with van der Waals surface area (Å²) in [7, 11) is 1.59. The summed E-state index contributed by atoms with van der Waals surface area (Å²) in [6.45, 7) is 1.21. The standard InChI is InChI=1S/C22H28O8/c1-12(24)21-19(26)18(25)20(27)22(30-21)29-17-10-14(11-23)3-6-15(17)9-13-4-7-16(28-2)8-5-13/h3-8,10,12,18-27H,9,11H2,1-2H3/t12-,18+,19+,20-,21-,22-/m1/s1. The summed E-state index contributed by atoms with van der Waals surface area (Å²) in [5, 5.41) is 49.8. The van der Waals surface area contributed by atoms with Crippen molar-refractivity contribution in [3.8, 4) is 11.5 Å². The van der Waals surface area contributed by atoms with E-state index in [9.17, 15) is 25.5 Å². The van der Waals surface area contributed by atoms with Gasteiger partial charge < -0.3 is 39.7 Å². The zero-order chi connectivity index (χ0) is 21.8. The lowest BCUT2D eigenvalue weighted by Gasteiger charge is -2.41. The molecule has 6 atom stereocenters. The monoisotopic (exact) mass is 420 g/mol. The third-order valence-corrected chi connectivity index (χ3v) is 5.19. The molecule has 0 spiro atoms. The van der Waals surface area contributed by atoms with E-state index in [0.29, 0.717) is 17.7 Å². The largest absolute Gasteiger partial charge is 0.497 e. The van der Waals surface area contributed by atoms with E-state index in [1.54, 1.807) is 25.3 Å². The molecule has 30 heavy (non-hydrogen) atoms. The van der Waals surface area contributed by atoms with Crippen molar-refractivity contribution in [2.45, 2.75) is 56.8 Å². The average Bonchev–Trinajstić information content (AvgIpc) is 2.75. The van der Waals surface area contributed by atoms with E-state index in [-0.39, 0.29) is 6.61 Å². The van der Waals surface area contributed by atoms with Crippen LogP contribution < -0.4 is 9.47 Å². The zero-order valence-electron chi connectivity index (χ0n) is 16.9. The van der Waals surface area contributed by atoms with E-state index < -0.39 is 36.8 Å². The van der Waals surface area contributed by atoms with Crippen molar-refractivity contribution in [3.63, 3.8) is 0 Å². The quantitative estimate of drug-likeness (QED) is 0.434. The van der Waals surface area contributed by atoms with Crippen LogP contribution in [0.15, 0.2) is 42.5 Å². The molecule has 1 aliphatic rings. The fourth-order valence-corrected chi connectivity index (χ4v) is 3.41. The first-order valence-corrected chi connectivity index (χ1v) is 9.74. The lowest BCUT2D eigenvalue weighted by Crippen LogP contribution is -2.61. The van der Waals surface area contributed by atoms with Crippen LogP contribution in [0, 0.1) is 0 Å². The van der Waals surface area contributed by atoms with E-state index in [1.807, 2.05) is 24.3 Å². The second-order valence-electron chi connectivity index (χ2n) is 7.42. The number of rotatable bonds is 7. The third-order valence-electron chi connectivity index (χ3n) is 5.19. The molecule has 0 amide bonds. The number of benzene rings is 2. The van der Waals surface area contributed by atoms with Crippen molar-refractivity contribution in [1.82, 2.24) is 0 Å². The Morgan fingerprint density at radius 3 is 2.23 bits per heavy atom. The van der Waals surface area contributed by atoms with Crippen molar-refractivity contribution in [1.29, 1.82) is 0 Å². The molecular weight excluding hydrogens is 392 g/mol. The van der Waals surface area contributed by atoms with Crippen molar-refractivity contribution >= 4 is 0 Å².